The Morgan fingerprint density at radius 2 is 2.00 bits per heavy atom. The van der Waals surface area contributed by atoms with Crippen LogP contribution < -0.4 is 0 Å². The van der Waals surface area contributed by atoms with Crippen molar-refractivity contribution >= 4 is 5.71 Å². The minimum Gasteiger partial charge on any atom is -0.389 e. The van der Waals surface area contributed by atoms with E-state index in [1.54, 1.807) is 0 Å². The number of oxime groups is 1. The molecule has 2 saturated carbocycles. The van der Waals surface area contributed by atoms with Gasteiger partial charge in [-0.25, -0.2) is 0 Å². The van der Waals surface area contributed by atoms with Gasteiger partial charge >= 0.3 is 0 Å². The molecule has 13 heavy (non-hydrogen) atoms. The first-order valence-corrected chi connectivity index (χ1v) is 5.47. The molecule has 2 atom stereocenters. The molecule has 0 N–H and O–H groups in total. The van der Waals surface area contributed by atoms with E-state index in [2.05, 4.69) is 12.1 Å². The molecule has 3 aliphatic rings. The van der Waals surface area contributed by atoms with Gasteiger partial charge in [-0.05, 0) is 38.0 Å². The molecule has 2 heteroatoms. The molecule has 0 aromatic rings. The van der Waals surface area contributed by atoms with Crippen molar-refractivity contribution in [2.24, 2.45) is 17.0 Å². The second kappa shape index (κ2) is 2.49. The lowest BCUT2D eigenvalue weighted by atomic mass is 9.75. The zero-order chi connectivity index (χ0) is 8.89. The van der Waals surface area contributed by atoms with E-state index >= 15 is 0 Å². The summed E-state index contributed by atoms with van der Waals surface area (Å²) in [6.45, 7) is 2.09. The van der Waals surface area contributed by atoms with Gasteiger partial charge < -0.3 is 4.84 Å². The third kappa shape index (κ3) is 1.18. The second-order valence-electron chi connectivity index (χ2n) is 5.23. The topological polar surface area (TPSA) is 21.6 Å². The molecule has 0 radical (unpaired) electrons. The maximum Gasteiger partial charge on any atom is 0.143 e. The minimum atomic E-state index is 0.147. The predicted molar refractivity (Wildman–Crippen MR) is 51.6 cm³/mol. The lowest BCUT2D eigenvalue weighted by Gasteiger charge is -2.34. The van der Waals surface area contributed by atoms with Crippen molar-refractivity contribution in [3.8, 4) is 0 Å². The smallest absolute Gasteiger partial charge is 0.143 e. The number of fused-ring (bicyclic) bond motifs is 2. The van der Waals surface area contributed by atoms with Crippen LogP contribution in [0.5, 0.6) is 0 Å². The van der Waals surface area contributed by atoms with Gasteiger partial charge in [0.15, 0.2) is 0 Å². The average Bonchev–Trinajstić information content (AvgIpc) is 2.58. The van der Waals surface area contributed by atoms with Crippen LogP contribution in [-0.2, 0) is 4.84 Å². The van der Waals surface area contributed by atoms with Crippen molar-refractivity contribution in [2.45, 2.75) is 51.0 Å². The summed E-state index contributed by atoms with van der Waals surface area (Å²) in [4.78, 5) is 5.66. The van der Waals surface area contributed by atoms with Gasteiger partial charge in [-0.3, -0.25) is 0 Å². The van der Waals surface area contributed by atoms with Gasteiger partial charge in [0, 0.05) is 6.42 Å². The largest absolute Gasteiger partial charge is 0.389 e. The van der Waals surface area contributed by atoms with Crippen LogP contribution in [-0.4, -0.2) is 11.3 Å². The van der Waals surface area contributed by atoms with Crippen molar-refractivity contribution in [3.63, 3.8) is 0 Å². The van der Waals surface area contributed by atoms with E-state index in [1.807, 2.05) is 0 Å². The van der Waals surface area contributed by atoms with Crippen LogP contribution in [0.1, 0.15) is 45.4 Å². The number of hydrogen-bond donors (Lipinski definition) is 0. The Morgan fingerprint density at radius 3 is 2.54 bits per heavy atom. The van der Waals surface area contributed by atoms with E-state index in [1.165, 1.54) is 37.8 Å². The van der Waals surface area contributed by atoms with Crippen LogP contribution in [0.15, 0.2) is 5.16 Å². The molecule has 3 rings (SSSR count). The highest BCUT2D eigenvalue weighted by molar-refractivity contribution is 5.83. The Labute approximate surface area is 79.3 Å². The zero-order valence-electron chi connectivity index (χ0n) is 8.25. The van der Waals surface area contributed by atoms with E-state index in [4.69, 9.17) is 4.84 Å². The highest BCUT2D eigenvalue weighted by atomic mass is 16.7. The average molecular weight is 179 g/mol. The summed E-state index contributed by atoms with van der Waals surface area (Å²) < 4.78 is 0. The Kier molecular flexibility index (Phi) is 1.50. The molecule has 72 valence electrons. The first kappa shape index (κ1) is 7.84. The third-order valence-corrected chi connectivity index (χ3v) is 3.94. The standard InChI is InChI=1S/C11H17NO/c1-8-5-11(13-12-8)6-9-2-3-10(4-9)7-11/h9-10H,2-7H2,1H3. The van der Waals surface area contributed by atoms with Gasteiger partial charge in [0.05, 0.1) is 5.71 Å². The van der Waals surface area contributed by atoms with Gasteiger partial charge in [0.2, 0.25) is 0 Å². The fourth-order valence-electron chi connectivity index (χ4n) is 3.61. The molecule has 2 aliphatic carbocycles. The molecule has 2 unspecified atom stereocenters. The Morgan fingerprint density at radius 1 is 1.31 bits per heavy atom. The monoisotopic (exact) mass is 179 g/mol. The summed E-state index contributed by atoms with van der Waals surface area (Å²) >= 11 is 0. The summed E-state index contributed by atoms with van der Waals surface area (Å²) in [6.07, 6.45) is 7.97. The normalized spacial score (nSPS) is 47.9. The van der Waals surface area contributed by atoms with Crippen molar-refractivity contribution in [3.05, 3.63) is 0 Å². The van der Waals surface area contributed by atoms with Gasteiger partial charge in [-0.1, -0.05) is 18.0 Å². The molecule has 0 aromatic heterocycles. The van der Waals surface area contributed by atoms with Crippen LogP contribution in [0.2, 0.25) is 0 Å². The van der Waals surface area contributed by atoms with E-state index < -0.39 is 0 Å². The lowest BCUT2D eigenvalue weighted by molar-refractivity contribution is -0.0629. The lowest BCUT2D eigenvalue weighted by Crippen LogP contribution is -2.36. The predicted octanol–water partition coefficient (Wildman–Crippen LogP) is 2.73. The van der Waals surface area contributed by atoms with E-state index in [0.29, 0.717) is 0 Å². The van der Waals surface area contributed by atoms with Gasteiger partial charge in [-0.15, -0.1) is 0 Å². The van der Waals surface area contributed by atoms with E-state index in [-0.39, 0.29) is 5.60 Å². The zero-order valence-corrected chi connectivity index (χ0v) is 8.25. The minimum absolute atomic E-state index is 0.147. The Balaban J connectivity index is 1.79. The number of hydrogen-bond acceptors (Lipinski definition) is 2. The van der Waals surface area contributed by atoms with Crippen LogP contribution in [0.4, 0.5) is 0 Å². The van der Waals surface area contributed by atoms with E-state index in [9.17, 15) is 0 Å². The molecule has 1 aliphatic heterocycles. The van der Waals surface area contributed by atoms with Crippen molar-refractivity contribution < 1.29 is 4.84 Å². The van der Waals surface area contributed by atoms with Gasteiger partial charge in [0.25, 0.3) is 0 Å². The molecular formula is C11H17NO. The first-order valence-electron chi connectivity index (χ1n) is 5.47. The molecule has 2 fully saturated rings. The maximum atomic E-state index is 5.66. The summed E-state index contributed by atoms with van der Waals surface area (Å²) in [5.41, 5.74) is 1.34. The maximum absolute atomic E-state index is 5.66. The summed E-state index contributed by atoms with van der Waals surface area (Å²) in [6, 6.07) is 0. The third-order valence-electron chi connectivity index (χ3n) is 3.94. The quantitative estimate of drug-likeness (QED) is 0.560. The summed E-state index contributed by atoms with van der Waals surface area (Å²) in [5, 5.41) is 4.13. The fourth-order valence-corrected chi connectivity index (χ4v) is 3.61. The number of rotatable bonds is 0. The molecule has 0 aromatic carbocycles. The van der Waals surface area contributed by atoms with Crippen LogP contribution in [0.3, 0.4) is 0 Å². The highest BCUT2D eigenvalue weighted by Gasteiger charge is 2.48. The van der Waals surface area contributed by atoms with Crippen molar-refractivity contribution in [1.82, 2.24) is 0 Å². The highest BCUT2D eigenvalue weighted by Crippen LogP contribution is 2.50. The van der Waals surface area contributed by atoms with Crippen LogP contribution in [0.25, 0.3) is 0 Å². The van der Waals surface area contributed by atoms with Crippen molar-refractivity contribution in [1.29, 1.82) is 0 Å². The Hall–Kier alpha value is -0.530. The molecule has 2 nitrogen and oxygen atoms in total. The van der Waals surface area contributed by atoms with Gasteiger partial charge in [-0.2, -0.15) is 0 Å². The fraction of sp³-hybridized carbons (Fsp3) is 0.909. The molecule has 1 spiro atoms. The molecular weight excluding hydrogens is 162 g/mol. The van der Waals surface area contributed by atoms with Gasteiger partial charge in [0.1, 0.15) is 5.60 Å². The summed E-state index contributed by atoms with van der Waals surface area (Å²) in [5.74, 6) is 1.89. The number of nitrogens with zero attached hydrogens (tertiary/aromatic N) is 1. The second-order valence-corrected chi connectivity index (χ2v) is 5.23. The SMILES string of the molecule is CC1=NOC2(C1)CC1CCC(C1)C2. The van der Waals surface area contributed by atoms with Crippen LogP contribution in [0, 0.1) is 11.8 Å². The molecule has 0 saturated heterocycles. The first-order chi connectivity index (χ1) is 6.26. The Bertz CT molecular complexity index is 247. The van der Waals surface area contributed by atoms with Crippen molar-refractivity contribution in [2.75, 3.05) is 0 Å². The molecule has 1 heterocycles. The summed E-state index contributed by atoms with van der Waals surface area (Å²) in [7, 11) is 0. The molecule has 0 amide bonds. The van der Waals surface area contributed by atoms with Crippen LogP contribution >= 0.6 is 0 Å². The molecule has 2 bridgehead atoms. The van der Waals surface area contributed by atoms with E-state index in [0.717, 1.165) is 18.3 Å².